The molecule has 3 heteroatoms. The van der Waals surface area contributed by atoms with Gasteiger partial charge in [0, 0.05) is 10.9 Å². The molecule has 3 nitrogen and oxygen atoms in total. The van der Waals surface area contributed by atoms with Crippen LogP contribution in [0.5, 0.6) is 0 Å². The summed E-state index contributed by atoms with van der Waals surface area (Å²) < 4.78 is 11.4. The van der Waals surface area contributed by atoms with Gasteiger partial charge in [-0.25, -0.2) is 0 Å². The number of benzene rings is 1. The van der Waals surface area contributed by atoms with Crippen LogP contribution in [0, 0.1) is 0 Å². The number of fused-ring (bicyclic) bond motifs is 1. The predicted molar refractivity (Wildman–Crippen MR) is 78.3 cm³/mol. The molecule has 0 spiro atoms. The SMILES string of the molecule is CCCNC(COC(C)C)c1coc2ccccc12. The number of ether oxygens (including phenoxy) is 1. The van der Waals surface area contributed by atoms with Crippen LogP contribution in [0.4, 0.5) is 0 Å². The number of furan rings is 1. The Hall–Kier alpha value is -1.32. The monoisotopic (exact) mass is 261 g/mol. The van der Waals surface area contributed by atoms with Crippen LogP contribution in [0.1, 0.15) is 38.8 Å². The summed E-state index contributed by atoms with van der Waals surface area (Å²) in [4.78, 5) is 0. The van der Waals surface area contributed by atoms with Crippen molar-refractivity contribution in [1.82, 2.24) is 5.32 Å². The lowest BCUT2D eigenvalue weighted by molar-refractivity contribution is 0.0612. The maximum atomic E-state index is 5.77. The third kappa shape index (κ3) is 3.58. The molecule has 0 aliphatic heterocycles. The number of para-hydroxylation sites is 1. The molecular formula is C16H23NO2. The molecule has 0 amide bonds. The Morgan fingerprint density at radius 3 is 2.79 bits per heavy atom. The lowest BCUT2D eigenvalue weighted by atomic mass is 10.1. The van der Waals surface area contributed by atoms with E-state index in [0.717, 1.165) is 18.5 Å². The van der Waals surface area contributed by atoms with Crippen LogP contribution < -0.4 is 5.32 Å². The van der Waals surface area contributed by atoms with E-state index < -0.39 is 0 Å². The molecule has 0 fully saturated rings. The highest BCUT2D eigenvalue weighted by atomic mass is 16.5. The maximum absolute atomic E-state index is 5.77. The number of rotatable bonds is 7. The van der Waals surface area contributed by atoms with Gasteiger partial charge in [0.25, 0.3) is 0 Å². The van der Waals surface area contributed by atoms with Gasteiger partial charge in [-0.05, 0) is 32.9 Å². The van der Waals surface area contributed by atoms with Gasteiger partial charge in [-0.2, -0.15) is 0 Å². The number of hydrogen-bond acceptors (Lipinski definition) is 3. The molecule has 1 aromatic carbocycles. The summed E-state index contributed by atoms with van der Waals surface area (Å²) in [5.41, 5.74) is 2.12. The van der Waals surface area contributed by atoms with Gasteiger partial charge in [0.2, 0.25) is 0 Å². The van der Waals surface area contributed by atoms with Crippen LogP contribution in [-0.4, -0.2) is 19.3 Å². The van der Waals surface area contributed by atoms with Crippen molar-refractivity contribution in [2.75, 3.05) is 13.2 Å². The second kappa shape index (κ2) is 6.73. The van der Waals surface area contributed by atoms with Gasteiger partial charge in [-0.1, -0.05) is 25.1 Å². The predicted octanol–water partition coefficient (Wildman–Crippen LogP) is 3.90. The minimum absolute atomic E-state index is 0.186. The molecule has 0 bridgehead atoms. The molecule has 1 heterocycles. The van der Waals surface area contributed by atoms with Crippen LogP contribution >= 0.6 is 0 Å². The largest absolute Gasteiger partial charge is 0.464 e. The standard InChI is InChI=1S/C16H23NO2/c1-4-9-17-15(11-18-12(2)3)14-10-19-16-8-6-5-7-13(14)16/h5-8,10,12,15,17H,4,9,11H2,1-3H3. The van der Waals surface area contributed by atoms with E-state index in [4.69, 9.17) is 9.15 Å². The molecule has 1 unspecified atom stereocenters. The highest BCUT2D eigenvalue weighted by molar-refractivity contribution is 5.81. The molecule has 1 N–H and O–H groups in total. The van der Waals surface area contributed by atoms with Crippen molar-refractivity contribution in [3.8, 4) is 0 Å². The summed E-state index contributed by atoms with van der Waals surface area (Å²) in [6.07, 6.45) is 3.19. The first-order valence-corrected chi connectivity index (χ1v) is 7.03. The van der Waals surface area contributed by atoms with Crippen LogP contribution in [0.15, 0.2) is 34.9 Å². The highest BCUT2D eigenvalue weighted by Crippen LogP contribution is 2.26. The highest BCUT2D eigenvalue weighted by Gasteiger charge is 2.17. The normalized spacial score (nSPS) is 13.3. The Balaban J connectivity index is 2.20. The molecule has 0 saturated carbocycles. The average Bonchev–Trinajstić information content (AvgIpc) is 2.83. The summed E-state index contributed by atoms with van der Waals surface area (Å²) >= 11 is 0. The summed E-state index contributed by atoms with van der Waals surface area (Å²) in [6, 6.07) is 8.32. The maximum Gasteiger partial charge on any atom is 0.134 e. The van der Waals surface area contributed by atoms with Crippen molar-refractivity contribution in [3.05, 3.63) is 36.1 Å². The summed E-state index contributed by atoms with van der Waals surface area (Å²) in [5, 5.41) is 4.70. The van der Waals surface area contributed by atoms with Gasteiger partial charge in [0.1, 0.15) is 5.58 Å². The molecule has 0 saturated heterocycles. The zero-order valence-electron chi connectivity index (χ0n) is 12.0. The van der Waals surface area contributed by atoms with Crippen molar-refractivity contribution in [2.45, 2.75) is 39.3 Å². The van der Waals surface area contributed by atoms with Crippen molar-refractivity contribution in [3.63, 3.8) is 0 Å². The summed E-state index contributed by atoms with van der Waals surface area (Å²) in [5.74, 6) is 0. The molecule has 104 valence electrons. The minimum atomic E-state index is 0.186. The van der Waals surface area contributed by atoms with Gasteiger partial charge < -0.3 is 14.5 Å². The summed E-state index contributed by atoms with van der Waals surface area (Å²) in [7, 11) is 0. The van der Waals surface area contributed by atoms with Crippen LogP contribution in [0.25, 0.3) is 11.0 Å². The van der Waals surface area contributed by atoms with Gasteiger partial charge in [0.05, 0.1) is 25.0 Å². The number of nitrogens with one attached hydrogen (secondary N) is 1. The first kappa shape index (κ1) is 14.1. The van der Waals surface area contributed by atoms with Crippen molar-refractivity contribution in [2.24, 2.45) is 0 Å². The number of hydrogen-bond donors (Lipinski definition) is 1. The lowest BCUT2D eigenvalue weighted by Crippen LogP contribution is -2.27. The Kier molecular flexibility index (Phi) is 5.00. The van der Waals surface area contributed by atoms with Crippen LogP contribution in [-0.2, 0) is 4.74 Å². The molecule has 2 rings (SSSR count). The van der Waals surface area contributed by atoms with E-state index in [1.807, 2.05) is 24.5 Å². The molecule has 1 aromatic heterocycles. The van der Waals surface area contributed by atoms with E-state index in [2.05, 4.69) is 32.2 Å². The minimum Gasteiger partial charge on any atom is -0.464 e. The second-order valence-electron chi connectivity index (χ2n) is 5.08. The van der Waals surface area contributed by atoms with Gasteiger partial charge >= 0.3 is 0 Å². The van der Waals surface area contributed by atoms with Gasteiger partial charge in [0.15, 0.2) is 0 Å². The van der Waals surface area contributed by atoms with Crippen LogP contribution in [0.2, 0.25) is 0 Å². The molecule has 0 radical (unpaired) electrons. The van der Waals surface area contributed by atoms with E-state index in [0.29, 0.717) is 6.61 Å². The Labute approximate surface area is 114 Å². The third-order valence-corrected chi connectivity index (χ3v) is 3.12. The summed E-state index contributed by atoms with van der Waals surface area (Å²) in [6.45, 7) is 7.93. The van der Waals surface area contributed by atoms with E-state index in [-0.39, 0.29) is 12.1 Å². The molecule has 1 atom stereocenters. The first-order chi connectivity index (χ1) is 9.22. The van der Waals surface area contributed by atoms with Gasteiger partial charge in [-0.3, -0.25) is 0 Å². The fourth-order valence-corrected chi connectivity index (χ4v) is 2.13. The van der Waals surface area contributed by atoms with E-state index >= 15 is 0 Å². The first-order valence-electron chi connectivity index (χ1n) is 7.03. The second-order valence-corrected chi connectivity index (χ2v) is 5.08. The fraction of sp³-hybridized carbons (Fsp3) is 0.500. The van der Waals surface area contributed by atoms with Crippen molar-refractivity contribution in [1.29, 1.82) is 0 Å². The molecular weight excluding hydrogens is 238 g/mol. The molecule has 2 aromatic rings. The van der Waals surface area contributed by atoms with Crippen molar-refractivity contribution >= 4 is 11.0 Å². The van der Waals surface area contributed by atoms with E-state index in [1.165, 1.54) is 10.9 Å². The lowest BCUT2D eigenvalue weighted by Gasteiger charge is -2.19. The van der Waals surface area contributed by atoms with E-state index in [9.17, 15) is 0 Å². The zero-order valence-corrected chi connectivity index (χ0v) is 12.0. The third-order valence-electron chi connectivity index (χ3n) is 3.12. The fourth-order valence-electron chi connectivity index (χ4n) is 2.13. The van der Waals surface area contributed by atoms with Gasteiger partial charge in [-0.15, -0.1) is 0 Å². The van der Waals surface area contributed by atoms with Crippen molar-refractivity contribution < 1.29 is 9.15 Å². The van der Waals surface area contributed by atoms with E-state index in [1.54, 1.807) is 0 Å². The smallest absolute Gasteiger partial charge is 0.134 e. The zero-order chi connectivity index (χ0) is 13.7. The Bertz CT molecular complexity index is 504. The molecule has 0 aliphatic rings. The Morgan fingerprint density at radius 2 is 2.05 bits per heavy atom. The Morgan fingerprint density at radius 1 is 1.26 bits per heavy atom. The topological polar surface area (TPSA) is 34.4 Å². The quantitative estimate of drug-likeness (QED) is 0.821. The molecule has 0 aliphatic carbocycles. The average molecular weight is 261 g/mol. The van der Waals surface area contributed by atoms with Crippen LogP contribution in [0.3, 0.4) is 0 Å². The molecule has 19 heavy (non-hydrogen) atoms.